The van der Waals surface area contributed by atoms with Crippen LogP contribution in [0.2, 0.25) is 0 Å². The van der Waals surface area contributed by atoms with E-state index in [4.69, 9.17) is 0 Å². The molecule has 0 atom stereocenters. The molecule has 0 aromatic rings. The van der Waals surface area contributed by atoms with Gasteiger partial charge in [-0.2, -0.15) is 5.26 Å². The van der Waals surface area contributed by atoms with Gasteiger partial charge in [0.1, 0.15) is 17.6 Å². The Morgan fingerprint density at radius 1 is 1.13 bits per heavy atom. The van der Waals surface area contributed by atoms with Crippen LogP contribution in [-0.4, -0.2) is 40.4 Å². The molecule has 0 aromatic carbocycles. The summed E-state index contributed by atoms with van der Waals surface area (Å²) < 4.78 is 0. The Hall–Kier alpha value is -2.10. The maximum Gasteiger partial charge on any atom is 0.325 e. The highest BCUT2D eigenvalue weighted by atomic mass is 16.2. The van der Waals surface area contributed by atoms with Crippen molar-refractivity contribution in [3.63, 3.8) is 0 Å². The predicted molar refractivity (Wildman–Crippen MR) is 81.0 cm³/mol. The zero-order valence-electron chi connectivity index (χ0n) is 13.2. The number of urea groups is 1. The highest BCUT2D eigenvalue weighted by Gasteiger charge is 2.52. The van der Waals surface area contributed by atoms with Gasteiger partial charge < -0.3 is 10.6 Å². The fraction of sp³-hybridized carbons (Fsp3) is 0.750. The normalized spacial score (nSPS) is 25.3. The third-order valence-corrected chi connectivity index (χ3v) is 5.30. The van der Waals surface area contributed by atoms with Crippen LogP contribution in [0.4, 0.5) is 4.79 Å². The fourth-order valence-electron chi connectivity index (χ4n) is 4.01. The van der Waals surface area contributed by atoms with Crippen LogP contribution in [0.15, 0.2) is 0 Å². The van der Waals surface area contributed by atoms with Crippen molar-refractivity contribution in [2.75, 3.05) is 6.54 Å². The average Bonchev–Trinajstić information content (AvgIpc) is 3.10. The van der Waals surface area contributed by atoms with Crippen molar-refractivity contribution in [3.8, 4) is 6.07 Å². The average molecular weight is 318 g/mol. The highest BCUT2D eigenvalue weighted by Crippen LogP contribution is 2.35. The molecule has 4 amide bonds. The molecule has 23 heavy (non-hydrogen) atoms. The van der Waals surface area contributed by atoms with Crippen LogP contribution in [0, 0.1) is 11.3 Å². The Labute approximate surface area is 135 Å². The lowest BCUT2D eigenvalue weighted by Crippen LogP contribution is -2.52. The number of hydrogen-bond acceptors (Lipinski definition) is 4. The van der Waals surface area contributed by atoms with E-state index in [1.165, 1.54) is 0 Å². The van der Waals surface area contributed by atoms with E-state index in [0.717, 1.165) is 37.0 Å². The molecular formula is C16H22N4O3. The summed E-state index contributed by atoms with van der Waals surface area (Å²) in [6, 6.07) is 1.71. The van der Waals surface area contributed by atoms with Crippen LogP contribution in [0.3, 0.4) is 0 Å². The maximum absolute atomic E-state index is 12.5. The highest BCUT2D eigenvalue weighted by molar-refractivity contribution is 6.09. The van der Waals surface area contributed by atoms with Crippen LogP contribution < -0.4 is 10.6 Å². The van der Waals surface area contributed by atoms with E-state index >= 15 is 0 Å². The van der Waals surface area contributed by atoms with Gasteiger partial charge in [0, 0.05) is 0 Å². The third-order valence-electron chi connectivity index (χ3n) is 5.30. The van der Waals surface area contributed by atoms with Crippen LogP contribution in [0.1, 0.15) is 57.8 Å². The predicted octanol–water partition coefficient (Wildman–Crippen LogP) is 1.19. The fourth-order valence-corrected chi connectivity index (χ4v) is 4.01. The zero-order valence-corrected chi connectivity index (χ0v) is 13.2. The summed E-state index contributed by atoms with van der Waals surface area (Å²) in [5.74, 6) is -0.739. The Morgan fingerprint density at radius 3 is 2.35 bits per heavy atom. The first-order chi connectivity index (χ1) is 11.0. The van der Waals surface area contributed by atoms with Crippen LogP contribution in [-0.2, 0) is 9.59 Å². The number of nitrogens with zero attached hydrogens (tertiary/aromatic N) is 2. The van der Waals surface area contributed by atoms with Gasteiger partial charge in [-0.05, 0) is 25.7 Å². The first kappa shape index (κ1) is 15.8. The molecule has 0 aromatic heterocycles. The van der Waals surface area contributed by atoms with E-state index < -0.39 is 23.0 Å². The largest absolute Gasteiger partial charge is 0.336 e. The second-order valence-corrected chi connectivity index (χ2v) is 6.91. The number of hydrogen-bond donors (Lipinski definition) is 2. The minimum absolute atomic E-state index is 0.301. The summed E-state index contributed by atoms with van der Waals surface area (Å²) in [6.07, 6.45) is 7.20. The van der Waals surface area contributed by atoms with Gasteiger partial charge in [0.05, 0.1) is 6.07 Å². The zero-order chi connectivity index (χ0) is 16.5. The second kappa shape index (κ2) is 5.84. The van der Waals surface area contributed by atoms with Gasteiger partial charge >= 0.3 is 6.03 Å². The molecule has 2 aliphatic carbocycles. The van der Waals surface area contributed by atoms with Crippen molar-refractivity contribution in [1.29, 1.82) is 5.26 Å². The monoisotopic (exact) mass is 318 g/mol. The molecule has 7 nitrogen and oxygen atoms in total. The van der Waals surface area contributed by atoms with E-state index in [-0.39, 0.29) is 12.5 Å². The van der Waals surface area contributed by atoms with Crippen LogP contribution >= 0.6 is 0 Å². The number of imide groups is 1. The number of rotatable bonds is 3. The lowest BCUT2D eigenvalue weighted by atomic mass is 9.83. The smallest absolute Gasteiger partial charge is 0.325 e. The van der Waals surface area contributed by atoms with Crippen molar-refractivity contribution in [2.45, 2.75) is 68.9 Å². The molecule has 1 saturated heterocycles. The number of amides is 4. The number of carbonyl (C=O) groups excluding carboxylic acids is 3. The summed E-state index contributed by atoms with van der Waals surface area (Å²) in [4.78, 5) is 37.9. The number of nitrogens with one attached hydrogen (secondary N) is 2. The summed E-state index contributed by atoms with van der Waals surface area (Å²) in [6.45, 7) is -0.310. The quantitative estimate of drug-likeness (QED) is 0.763. The van der Waals surface area contributed by atoms with Gasteiger partial charge in [0.2, 0.25) is 5.91 Å². The topological polar surface area (TPSA) is 102 Å². The lowest BCUT2D eigenvalue weighted by molar-refractivity contribution is -0.135. The summed E-state index contributed by atoms with van der Waals surface area (Å²) in [5.41, 5.74) is -1.64. The molecule has 2 saturated carbocycles. The van der Waals surface area contributed by atoms with Gasteiger partial charge in [0.25, 0.3) is 5.91 Å². The Balaban J connectivity index is 1.65. The minimum Gasteiger partial charge on any atom is -0.336 e. The van der Waals surface area contributed by atoms with E-state index in [1.54, 1.807) is 0 Å². The van der Waals surface area contributed by atoms with E-state index in [9.17, 15) is 19.6 Å². The molecule has 7 heteroatoms. The maximum atomic E-state index is 12.5. The van der Waals surface area contributed by atoms with Gasteiger partial charge in [-0.1, -0.05) is 32.1 Å². The lowest BCUT2D eigenvalue weighted by Gasteiger charge is -2.32. The third kappa shape index (κ3) is 2.78. The van der Waals surface area contributed by atoms with Gasteiger partial charge in [-0.25, -0.2) is 4.79 Å². The van der Waals surface area contributed by atoms with E-state index in [1.807, 2.05) is 0 Å². The molecule has 1 aliphatic heterocycles. The molecule has 124 valence electrons. The molecule has 1 spiro atoms. The van der Waals surface area contributed by atoms with Gasteiger partial charge in [-0.15, -0.1) is 0 Å². The molecule has 3 fully saturated rings. The van der Waals surface area contributed by atoms with Crippen molar-refractivity contribution < 1.29 is 14.4 Å². The number of carbonyl (C=O) groups is 3. The second-order valence-electron chi connectivity index (χ2n) is 6.91. The Bertz CT molecular complexity index is 568. The molecule has 0 unspecified atom stereocenters. The van der Waals surface area contributed by atoms with E-state index in [2.05, 4.69) is 16.7 Å². The molecule has 0 radical (unpaired) electrons. The standard InChI is InChI=1S/C16H22N4O3/c17-11-15(6-2-1-3-7-15)18-12(21)10-20-13(22)16(19-14(20)23)8-4-5-9-16/h1-10H2,(H,18,21)(H,19,23). The molecule has 3 aliphatic rings. The van der Waals surface area contributed by atoms with Crippen LogP contribution in [0.5, 0.6) is 0 Å². The van der Waals surface area contributed by atoms with E-state index in [0.29, 0.717) is 25.7 Å². The van der Waals surface area contributed by atoms with Crippen molar-refractivity contribution in [3.05, 3.63) is 0 Å². The minimum atomic E-state index is -0.848. The molecule has 0 bridgehead atoms. The number of nitriles is 1. The Morgan fingerprint density at radius 2 is 1.74 bits per heavy atom. The Kier molecular flexibility index (Phi) is 4.00. The van der Waals surface area contributed by atoms with Crippen LogP contribution in [0.25, 0.3) is 0 Å². The van der Waals surface area contributed by atoms with Crippen molar-refractivity contribution in [1.82, 2.24) is 15.5 Å². The summed E-state index contributed by atoms with van der Waals surface area (Å²) in [7, 11) is 0. The first-order valence-corrected chi connectivity index (χ1v) is 8.37. The molecule has 1 heterocycles. The molecule has 2 N–H and O–H groups in total. The van der Waals surface area contributed by atoms with Crippen molar-refractivity contribution >= 4 is 17.8 Å². The van der Waals surface area contributed by atoms with Gasteiger partial charge in [-0.3, -0.25) is 14.5 Å². The van der Waals surface area contributed by atoms with Crippen molar-refractivity contribution in [2.24, 2.45) is 0 Å². The SMILES string of the molecule is N#CC1(NC(=O)CN2C(=O)NC3(CCCC3)C2=O)CCCCC1. The molecule has 3 rings (SSSR count). The molecular weight excluding hydrogens is 296 g/mol. The first-order valence-electron chi connectivity index (χ1n) is 8.37. The summed E-state index contributed by atoms with van der Waals surface area (Å²) in [5, 5.41) is 14.9. The summed E-state index contributed by atoms with van der Waals surface area (Å²) >= 11 is 0. The van der Waals surface area contributed by atoms with Gasteiger partial charge in [0.15, 0.2) is 0 Å².